The number of nitrogens with one attached hydrogen (secondary N) is 1. The van der Waals surface area contributed by atoms with Gasteiger partial charge in [0, 0.05) is 0 Å². The van der Waals surface area contributed by atoms with Crippen molar-refractivity contribution in [3.8, 4) is 5.75 Å². The zero-order chi connectivity index (χ0) is 17.1. The highest BCUT2D eigenvalue weighted by Crippen LogP contribution is 2.30. The zero-order valence-electron chi connectivity index (χ0n) is 13.8. The molecular formula is C21H19NO3. The molecule has 1 unspecified atom stereocenters. The van der Waals surface area contributed by atoms with Gasteiger partial charge in [-0.2, -0.15) is 0 Å². The highest BCUT2D eigenvalue weighted by molar-refractivity contribution is 5.94. The number of ether oxygens (including phenoxy) is 1. The van der Waals surface area contributed by atoms with Gasteiger partial charge in [-0.15, -0.1) is 0 Å². The van der Waals surface area contributed by atoms with Crippen molar-refractivity contribution in [2.75, 3.05) is 6.61 Å². The summed E-state index contributed by atoms with van der Waals surface area (Å²) in [4.78, 5) is 12.6. The summed E-state index contributed by atoms with van der Waals surface area (Å²) in [5.41, 5.74) is 3.80. The molecule has 1 atom stereocenters. The fraction of sp³-hybridized carbons (Fsp3) is 0.190. The van der Waals surface area contributed by atoms with Crippen molar-refractivity contribution >= 4 is 5.91 Å². The van der Waals surface area contributed by atoms with Gasteiger partial charge in [0.25, 0.3) is 5.91 Å². The molecule has 0 saturated carbocycles. The SMILES string of the molecule is O=C(NC(c1ccccc1)c1ccc2c(c1)CCCO2)c1ccoc1. The van der Waals surface area contributed by atoms with Crippen molar-refractivity contribution in [3.05, 3.63) is 89.4 Å². The predicted octanol–water partition coefficient (Wildman–Crippen LogP) is 4.12. The molecule has 4 rings (SSSR count). The van der Waals surface area contributed by atoms with Crippen LogP contribution in [0.4, 0.5) is 0 Å². The first kappa shape index (κ1) is 15.5. The average molecular weight is 333 g/mol. The second-order valence-electron chi connectivity index (χ2n) is 6.15. The summed E-state index contributed by atoms with van der Waals surface area (Å²) in [6.45, 7) is 0.770. The van der Waals surface area contributed by atoms with Gasteiger partial charge in [-0.3, -0.25) is 4.79 Å². The Morgan fingerprint density at radius 1 is 1.04 bits per heavy atom. The molecule has 0 saturated heterocycles. The molecule has 0 radical (unpaired) electrons. The van der Waals surface area contributed by atoms with E-state index in [1.165, 1.54) is 18.1 Å². The van der Waals surface area contributed by atoms with Gasteiger partial charge in [0.2, 0.25) is 0 Å². The number of furan rings is 1. The van der Waals surface area contributed by atoms with E-state index in [0.717, 1.165) is 36.3 Å². The van der Waals surface area contributed by atoms with Crippen molar-refractivity contribution < 1.29 is 13.9 Å². The van der Waals surface area contributed by atoms with Crippen molar-refractivity contribution in [2.24, 2.45) is 0 Å². The van der Waals surface area contributed by atoms with Gasteiger partial charge in [-0.25, -0.2) is 0 Å². The number of rotatable bonds is 4. The molecule has 126 valence electrons. The first-order valence-corrected chi connectivity index (χ1v) is 8.45. The van der Waals surface area contributed by atoms with Crippen molar-refractivity contribution in [3.63, 3.8) is 0 Å². The Labute approximate surface area is 146 Å². The molecule has 1 N–H and O–H groups in total. The van der Waals surface area contributed by atoms with E-state index in [1.54, 1.807) is 6.07 Å². The van der Waals surface area contributed by atoms with Gasteiger partial charge in [-0.05, 0) is 47.7 Å². The minimum Gasteiger partial charge on any atom is -0.493 e. The van der Waals surface area contributed by atoms with Crippen LogP contribution in [0.2, 0.25) is 0 Å². The number of carbonyl (C=O) groups excluding carboxylic acids is 1. The standard InChI is InChI=1S/C21H19NO3/c23-21(18-10-12-24-14-18)22-20(15-5-2-1-3-6-15)17-8-9-19-16(13-17)7-4-11-25-19/h1-3,5-6,8-10,12-14,20H,4,7,11H2,(H,22,23). The molecule has 0 bridgehead atoms. The number of aryl methyl sites for hydroxylation is 1. The molecule has 0 fully saturated rings. The van der Waals surface area contributed by atoms with Crippen molar-refractivity contribution in [1.29, 1.82) is 0 Å². The highest BCUT2D eigenvalue weighted by Gasteiger charge is 2.20. The third kappa shape index (κ3) is 3.29. The largest absolute Gasteiger partial charge is 0.493 e. The molecule has 1 amide bonds. The molecule has 4 nitrogen and oxygen atoms in total. The van der Waals surface area contributed by atoms with E-state index in [-0.39, 0.29) is 11.9 Å². The minimum absolute atomic E-state index is 0.156. The van der Waals surface area contributed by atoms with Crippen LogP contribution in [0.25, 0.3) is 0 Å². The first-order chi connectivity index (χ1) is 12.3. The maximum atomic E-state index is 12.6. The van der Waals surface area contributed by atoms with Crippen LogP contribution < -0.4 is 10.1 Å². The Kier molecular flexibility index (Phi) is 4.25. The smallest absolute Gasteiger partial charge is 0.255 e. The summed E-state index contributed by atoms with van der Waals surface area (Å²) >= 11 is 0. The summed E-state index contributed by atoms with van der Waals surface area (Å²) in [6, 6.07) is 17.6. The van der Waals surface area contributed by atoms with E-state index in [1.807, 2.05) is 42.5 Å². The van der Waals surface area contributed by atoms with Gasteiger partial charge in [0.05, 0.1) is 24.5 Å². The quantitative estimate of drug-likeness (QED) is 0.781. The molecule has 1 aliphatic heterocycles. The normalized spacial score (nSPS) is 14.2. The topological polar surface area (TPSA) is 51.5 Å². The van der Waals surface area contributed by atoms with E-state index in [0.29, 0.717) is 5.56 Å². The summed E-state index contributed by atoms with van der Waals surface area (Å²) in [5, 5.41) is 3.12. The Morgan fingerprint density at radius 3 is 2.72 bits per heavy atom. The fourth-order valence-corrected chi connectivity index (χ4v) is 3.17. The Hall–Kier alpha value is -3.01. The molecule has 4 heteroatoms. The van der Waals surface area contributed by atoms with Crippen LogP contribution in [0, 0.1) is 0 Å². The number of hydrogen-bond acceptors (Lipinski definition) is 3. The van der Waals surface area contributed by atoms with E-state index in [9.17, 15) is 4.79 Å². The van der Waals surface area contributed by atoms with Crippen LogP contribution >= 0.6 is 0 Å². The lowest BCUT2D eigenvalue weighted by Crippen LogP contribution is -2.29. The third-order valence-corrected chi connectivity index (χ3v) is 4.46. The van der Waals surface area contributed by atoms with Crippen LogP contribution in [0.15, 0.2) is 71.5 Å². The van der Waals surface area contributed by atoms with Gasteiger partial charge < -0.3 is 14.5 Å². The minimum atomic E-state index is -0.226. The number of hydrogen-bond donors (Lipinski definition) is 1. The van der Waals surface area contributed by atoms with Crippen LogP contribution in [0.3, 0.4) is 0 Å². The number of benzene rings is 2. The molecule has 0 aliphatic carbocycles. The molecule has 0 spiro atoms. The lowest BCUT2D eigenvalue weighted by molar-refractivity contribution is 0.0942. The predicted molar refractivity (Wildman–Crippen MR) is 94.7 cm³/mol. The molecule has 1 aliphatic rings. The molecule has 25 heavy (non-hydrogen) atoms. The number of fused-ring (bicyclic) bond motifs is 1. The van der Waals surface area contributed by atoms with Crippen LogP contribution in [-0.2, 0) is 6.42 Å². The fourth-order valence-electron chi connectivity index (χ4n) is 3.17. The zero-order valence-corrected chi connectivity index (χ0v) is 13.8. The van der Waals surface area contributed by atoms with E-state index < -0.39 is 0 Å². The van der Waals surface area contributed by atoms with E-state index >= 15 is 0 Å². The average Bonchev–Trinajstić information content (AvgIpc) is 3.21. The molecule has 1 aromatic heterocycles. The van der Waals surface area contributed by atoms with Gasteiger partial charge >= 0.3 is 0 Å². The Morgan fingerprint density at radius 2 is 1.92 bits per heavy atom. The monoisotopic (exact) mass is 333 g/mol. The van der Waals surface area contributed by atoms with E-state index in [2.05, 4.69) is 11.4 Å². The van der Waals surface area contributed by atoms with Crippen LogP contribution in [0.5, 0.6) is 5.75 Å². The molecule has 2 heterocycles. The van der Waals surface area contributed by atoms with Crippen molar-refractivity contribution in [1.82, 2.24) is 5.32 Å². The maximum Gasteiger partial charge on any atom is 0.255 e. The number of carbonyl (C=O) groups is 1. The summed E-state index contributed by atoms with van der Waals surface area (Å²) < 4.78 is 10.7. The molecular weight excluding hydrogens is 314 g/mol. The number of amides is 1. The Bertz CT molecular complexity index is 856. The van der Waals surface area contributed by atoms with E-state index in [4.69, 9.17) is 9.15 Å². The highest BCUT2D eigenvalue weighted by atomic mass is 16.5. The first-order valence-electron chi connectivity index (χ1n) is 8.45. The summed E-state index contributed by atoms with van der Waals surface area (Å²) in [6.07, 6.45) is 4.98. The van der Waals surface area contributed by atoms with Gasteiger partial charge in [0.1, 0.15) is 12.0 Å². The third-order valence-electron chi connectivity index (χ3n) is 4.46. The molecule has 3 aromatic rings. The van der Waals surface area contributed by atoms with Crippen LogP contribution in [0.1, 0.15) is 39.5 Å². The van der Waals surface area contributed by atoms with Gasteiger partial charge in [0.15, 0.2) is 0 Å². The maximum absolute atomic E-state index is 12.6. The Balaban J connectivity index is 1.69. The lowest BCUT2D eigenvalue weighted by atomic mass is 9.94. The lowest BCUT2D eigenvalue weighted by Gasteiger charge is -2.23. The van der Waals surface area contributed by atoms with Crippen molar-refractivity contribution in [2.45, 2.75) is 18.9 Å². The summed E-state index contributed by atoms with van der Waals surface area (Å²) in [7, 11) is 0. The summed E-state index contributed by atoms with van der Waals surface area (Å²) in [5.74, 6) is 0.791. The second kappa shape index (κ2) is 6.85. The van der Waals surface area contributed by atoms with Gasteiger partial charge in [-0.1, -0.05) is 36.4 Å². The molecule has 2 aromatic carbocycles. The second-order valence-corrected chi connectivity index (χ2v) is 6.15. The van der Waals surface area contributed by atoms with Crippen LogP contribution in [-0.4, -0.2) is 12.5 Å².